The van der Waals surface area contributed by atoms with Crippen molar-refractivity contribution in [3.05, 3.63) is 33.8 Å². The van der Waals surface area contributed by atoms with Crippen molar-refractivity contribution >= 4 is 23.2 Å². The molecule has 5 heteroatoms. The van der Waals surface area contributed by atoms with E-state index in [1.165, 1.54) is 0 Å². The highest BCUT2D eigenvalue weighted by Gasteiger charge is 2.11. The van der Waals surface area contributed by atoms with E-state index in [0.717, 1.165) is 25.2 Å². The first-order chi connectivity index (χ1) is 8.50. The van der Waals surface area contributed by atoms with Crippen molar-refractivity contribution < 1.29 is 5.11 Å². The Morgan fingerprint density at radius 1 is 1.28 bits per heavy atom. The van der Waals surface area contributed by atoms with E-state index in [1.807, 2.05) is 14.1 Å². The number of aliphatic hydroxyl groups is 1. The van der Waals surface area contributed by atoms with E-state index in [2.05, 4.69) is 10.2 Å². The Bertz CT molecular complexity index is 372. The summed E-state index contributed by atoms with van der Waals surface area (Å²) in [6.45, 7) is 2.65. The number of aliphatic hydroxyl groups excluding tert-OH is 1. The topological polar surface area (TPSA) is 35.5 Å². The number of hydrogen-bond donors (Lipinski definition) is 2. The molecule has 18 heavy (non-hydrogen) atoms. The summed E-state index contributed by atoms with van der Waals surface area (Å²) in [5, 5.41) is 14.4. The molecule has 0 amide bonds. The SMILES string of the molecule is CN(C)CCNCCC(O)c1ccc(Cl)cc1Cl. The third-order valence-corrected chi connectivity index (χ3v) is 3.21. The number of nitrogens with one attached hydrogen (secondary N) is 1. The lowest BCUT2D eigenvalue weighted by atomic mass is 10.1. The van der Waals surface area contributed by atoms with Crippen molar-refractivity contribution in [2.75, 3.05) is 33.7 Å². The van der Waals surface area contributed by atoms with Gasteiger partial charge in [-0.05, 0) is 44.8 Å². The van der Waals surface area contributed by atoms with Crippen LogP contribution in [0.5, 0.6) is 0 Å². The molecular formula is C13H20Cl2N2O. The Kier molecular flexibility index (Phi) is 6.97. The average molecular weight is 291 g/mol. The molecule has 1 unspecified atom stereocenters. The zero-order valence-electron chi connectivity index (χ0n) is 10.8. The molecule has 0 aromatic heterocycles. The number of benzene rings is 1. The second-order valence-corrected chi connectivity index (χ2v) is 5.37. The van der Waals surface area contributed by atoms with Gasteiger partial charge in [-0.15, -0.1) is 0 Å². The molecule has 102 valence electrons. The Hall–Kier alpha value is -0.320. The second-order valence-electron chi connectivity index (χ2n) is 4.52. The molecule has 0 radical (unpaired) electrons. The van der Waals surface area contributed by atoms with Gasteiger partial charge in [0.25, 0.3) is 0 Å². The molecule has 0 saturated heterocycles. The van der Waals surface area contributed by atoms with Gasteiger partial charge in [0.05, 0.1) is 6.10 Å². The summed E-state index contributed by atoms with van der Waals surface area (Å²) < 4.78 is 0. The van der Waals surface area contributed by atoms with Crippen molar-refractivity contribution in [2.24, 2.45) is 0 Å². The highest BCUT2D eigenvalue weighted by molar-refractivity contribution is 6.35. The van der Waals surface area contributed by atoms with Crippen LogP contribution in [0.25, 0.3) is 0 Å². The molecule has 0 aliphatic heterocycles. The number of halogens is 2. The molecule has 1 aromatic carbocycles. The van der Waals surface area contributed by atoms with E-state index in [-0.39, 0.29) is 0 Å². The fourth-order valence-corrected chi connectivity index (χ4v) is 2.13. The van der Waals surface area contributed by atoms with E-state index in [0.29, 0.717) is 16.5 Å². The summed E-state index contributed by atoms with van der Waals surface area (Å²) in [7, 11) is 4.06. The number of nitrogens with zero attached hydrogens (tertiary/aromatic N) is 1. The van der Waals surface area contributed by atoms with Gasteiger partial charge >= 0.3 is 0 Å². The lowest BCUT2D eigenvalue weighted by Gasteiger charge is -2.14. The van der Waals surface area contributed by atoms with Crippen LogP contribution in [0.4, 0.5) is 0 Å². The highest BCUT2D eigenvalue weighted by atomic mass is 35.5. The van der Waals surface area contributed by atoms with Crippen molar-refractivity contribution in [2.45, 2.75) is 12.5 Å². The maximum Gasteiger partial charge on any atom is 0.0816 e. The van der Waals surface area contributed by atoms with Crippen LogP contribution in [0.3, 0.4) is 0 Å². The molecule has 0 spiro atoms. The van der Waals surface area contributed by atoms with Gasteiger partial charge in [0.15, 0.2) is 0 Å². The van der Waals surface area contributed by atoms with Crippen molar-refractivity contribution in [3.63, 3.8) is 0 Å². The lowest BCUT2D eigenvalue weighted by molar-refractivity contribution is 0.166. The molecule has 2 N–H and O–H groups in total. The first-order valence-corrected chi connectivity index (χ1v) is 6.74. The summed E-state index contributed by atoms with van der Waals surface area (Å²) in [5.74, 6) is 0. The van der Waals surface area contributed by atoms with Gasteiger partial charge < -0.3 is 15.3 Å². The molecule has 0 aliphatic rings. The van der Waals surface area contributed by atoms with Gasteiger partial charge in [0.2, 0.25) is 0 Å². The first-order valence-electron chi connectivity index (χ1n) is 5.99. The van der Waals surface area contributed by atoms with Gasteiger partial charge in [-0.25, -0.2) is 0 Å². The summed E-state index contributed by atoms with van der Waals surface area (Å²) in [6, 6.07) is 5.17. The molecule has 0 heterocycles. The van der Waals surface area contributed by atoms with E-state index < -0.39 is 6.10 Å². The Labute approximate surface area is 119 Å². The van der Waals surface area contributed by atoms with E-state index in [1.54, 1.807) is 18.2 Å². The molecule has 1 aromatic rings. The quantitative estimate of drug-likeness (QED) is 0.758. The molecule has 0 bridgehead atoms. The van der Waals surface area contributed by atoms with Gasteiger partial charge in [0.1, 0.15) is 0 Å². The number of rotatable bonds is 7. The third-order valence-electron chi connectivity index (χ3n) is 2.65. The smallest absolute Gasteiger partial charge is 0.0816 e. The lowest BCUT2D eigenvalue weighted by Crippen LogP contribution is -2.27. The van der Waals surface area contributed by atoms with E-state index in [4.69, 9.17) is 23.2 Å². The monoisotopic (exact) mass is 290 g/mol. The Morgan fingerprint density at radius 2 is 2.00 bits per heavy atom. The fraction of sp³-hybridized carbons (Fsp3) is 0.538. The minimum atomic E-state index is -0.554. The van der Waals surface area contributed by atoms with Crippen LogP contribution in [-0.2, 0) is 0 Å². The van der Waals surface area contributed by atoms with E-state index >= 15 is 0 Å². The zero-order valence-corrected chi connectivity index (χ0v) is 12.3. The number of likely N-dealkylation sites (N-methyl/N-ethyl adjacent to an activating group) is 1. The number of hydrogen-bond acceptors (Lipinski definition) is 3. The van der Waals surface area contributed by atoms with Crippen LogP contribution in [0.1, 0.15) is 18.1 Å². The van der Waals surface area contributed by atoms with Crippen LogP contribution >= 0.6 is 23.2 Å². The largest absolute Gasteiger partial charge is 0.388 e. The highest BCUT2D eigenvalue weighted by Crippen LogP contribution is 2.27. The minimum Gasteiger partial charge on any atom is -0.388 e. The molecule has 0 fully saturated rings. The predicted molar refractivity (Wildman–Crippen MR) is 77.5 cm³/mol. The van der Waals surface area contributed by atoms with Crippen molar-refractivity contribution in [1.82, 2.24) is 10.2 Å². The molecular weight excluding hydrogens is 271 g/mol. The summed E-state index contributed by atoms with van der Waals surface area (Å²) in [5.41, 5.74) is 0.732. The molecule has 0 saturated carbocycles. The second kappa shape index (κ2) is 7.97. The Balaban J connectivity index is 2.34. The summed E-state index contributed by atoms with van der Waals surface area (Å²) in [4.78, 5) is 2.11. The predicted octanol–water partition coefficient (Wildman–Crippen LogP) is 2.57. The molecule has 1 rings (SSSR count). The minimum absolute atomic E-state index is 0.517. The summed E-state index contributed by atoms with van der Waals surface area (Å²) >= 11 is 11.8. The molecule has 3 nitrogen and oxygen atoms in total. The summed E-state index contributed by atoms with van der Waals surface area (Å²) in [6.07, 6.45) is 0.0797. The standard InChI is InChI=1S/C13H20Cl2N2O/c1-17(2)8-7-16-6-5-13(18)11-4-3-10(14)9-12(11)15/h3-4,9,13,16,18H,5-8H2,1-2H3. The van der Waals surface area contributed by atoms with Gasteiger partial charge in [-0.2, -0.15) is 0 Å². The van der Waals surface area contributed by atoms with Crippen LogP contribution in [0.2, 0.25) is 10.0 Å². The van der Waals surface area contributed by atoms with Crippen LogP contribution in [0.15, 0.2) is 18.2 Å². The van der Waals surface area contributed by atoms with Crippen LogP contribution < -0.4 is 5.32 Å². The third kappa shape index (κ3) is 5.55. The Morgan fingerprint density at radius 3 is 2.61 bits per heavy atom. The maximum absolute atomic E-state index is 10.0. The zero-order chi connectivity index (χ0) is 13.5. The van der Waals surface area contributed by atoms with E-state index in [9.17, 15) is 5.11 Å². The van der Waals surface area contributed by atoms with Crippen LogP contribution in [-0.4, -0.2) is 43.7 Å². The maximum atomic E-state index is 10.0. The molecule has 0 aliphatic carbocycles. The normalized spacial score (nSPS) is 13.0. The van der Waals surface area contributed by atoms with Crippen LogP contribution in [0, 0.1) is 0 Å². The first kappa shape index (κ1) is 15.7. The van der Waals surface area contributed by atoms with Crippen molar-refractivity contribution in [1.29, 1.82) is 0 Å². The molecule has 1 atom stereocenters. The van der Waals surface area contributed by atoms with Gasteiger partial charge in [-0.3, -0.25) is 0 Å². The van der Waals surface area contributed by atoms with Gasteiger partial charge in [-0.1, -0.05) is 29.3 Å². The van der Waals surface area contributed by atoms with Crippen molar-refractivity contribution in [3.8, 4) is 0 Å². The fourth-order valence-electron chi connectivity index (χ4n) is 1.59. The average Bonchev–Trinajstić information content (AvgIpc) is 2.27. The van der Waals surface area contributed by atoms with Gasteiger partial charge in [0, 0.05) is 23.1 Å².